The summed E-state index contributed by atoms with van der Waals surface area (Å²) in [5.74, 6) is 1.73. The first-order valence-corrected chi connectivity index (χ1v) is 7.08. The SMILES string of the molecule is CCCNCC1(c2cccc(OC)c2)CCC1C. The number of rotatable bonds is 6. The van der Waals surface area contributed by atoms with Crippen LogP contribution in [0.25, 0.3) is 0 Å². The lowest BCUT2D eigenvalue weighted by molar-refractivity contribution is 0.134. The van der Waals surface area contributed by atoms with E-state index in [2.05, 4.69) is 37.4 Å². The molecule has 0 aromatic heterocycles. The number of hydrogen-bond acceptors (Lipinski definition) is 2. The Bertz CT molecular complexity index is 390. The number of hydrogen-bond donors (Lipinski definition) is 1. The molecular formula is C16H25NO. The topological polar surface area (TPSA) is 21.3 Å². The maximum atomic E-state index is 5.36. The van der Waals surface area contributed by atoms with Crippen LogP contribution in [0.1, 0.15) is 38.7 Å². The van der Waals surface area contributed by atoms with E-state index in [1.807, 2.05) is 6.07 Å². The maximum Gasteiger partial charge on any atom is 0.119 e. The van der Waals surface area contributed by atoms with Gasteiger partial charge in [-0.25, -0.2) is 0 Å². The molecule has 0 radical (unpaired) electrons. The van der Waals surface area contributed by atoms with Crippen molar-refractivity contribution in [3.8, 4) is 5.75 Å². The zero-order valence-electron chi connectivity index (χ0n) is 11.8. The molecule has 0 bridgehead atoms. The molecule has 18 heavy (non-hydrogen) atoms. The fraction of sp³-hybridized carbons (Fsp3) is 0.625. The van der Waals surface area contributed by atoms with Crippen LogP contribution in [0.15, 0.2) is 24.3 Å². The second-order valence-corrected chi connectivity index (χ2v) is 5.50. The van der Waals surface area contributed by atoms with Crippen molar-refractivity contribution >= 4 is 0 Å². The van der Waals surface area contributed by atoms with E-state index in [0.717, 1.165) is 24.8 Å². The second-order valence-electron chi connectivity index (χ2n) is 5.50. The van der Waals surface area contributed by atoms with Gasteiger partial charge in [-0.3, -0.25) is 0 Å². The Hall–Kier alpha value is -1.02. The second kappa shape index (κ2) is 5.75. The Labute approximate surface area is 111 Å². The largest absolute Gasteiger partial charge is 0.497 e. The van der Waals surface area contributed by atoms with E-state index in [1.54, 1.807) is 7.11 Å². The van der Waals surface area contributed by atoms with Crippen molar-refractivity contribution in [2.45, 2.75) is 38.5 Å². The highest BCUT2D eigenvalue weighted by Gasteiger charge is 2.44. The molecule has 0 amide bonds. The van der Waals surface area contributed by atoms with E-state index < -0.39 is 0 Å². The smallest absolute Gasteiger partial charge is 0.119 e. The molecular weight excluding hydrogens is 222 g/mol. The molecule has 2 nitrogen and oxygen atoms in total. The van der Waals surface area contributed by atoms with Gasteiger partial charge in [-0.15, -0.1) is 0 Å². The molecule has 2 heteroatoms. The van der Waals surface area contributed by atoms with E-state index in [1.165, 1.54) is 24.8 Å². The molecule has 2 rings (SSSR count). The molecule has 2 atom stereocenters. The van der Waals surface area contributed by atoms with Crippen LogP contribution in [0.5, 0.6) is 5.75 Å². The minimum absolute atomic E-state index is 0.323. The van der Waals surface area contributed by atoms with Crippen molar-refractivity contribution < 1.29 is 4.74 Å². The van der Waals surface area contributed by atoms with E-state index >= 15 is 0 Å². The average molecular weight is 247 g/mol. The summed E-state index contributed by atoms with van der Waals surface area (Å²) in [5, 5.41) is 3.60. The fourth-order valence-corrected chi connectivity index (χ4v) is 3.00. The average Bonchev–Trinajstić information content (AvgIpc) is 2.42. The van der Waals surface area contributed by atoms with E-state index in [9.17, 15) is 0 Å². The minimum Gasteiger partial charge on any atom is -0.497 e. The summed E-state index contributed by atoms with van der Waals surface area (Å²) in [4.78, 5) is 0. The van der Waals surface area contributed by atoms with Gasteiger partial charge in [0.1, 0.15) is 5.75 Å². The van der Waals surface area contributed by atoms with Crippen LogP contribution >= 0.6 is 0 Å². The van der Waals surface area contributed by atoms with Crippen molar-refractivity contribution in [2.24, 2.45) is 5.92 Å². The van der Waals surface area contributed by atoms with E-state index in [-0.39, 0.29) is 0 Å². The van der Waals surface area contributed by atoms with Crippen molar-refractivity contribution in [2.75, 3.05) is 20.2 Å². The van der Waals surface area contributed by atoms with Crippen molar-refractivity contribution in [3.05, 3.63) is 29.8 Å². The molecule has 100 valence electrons. The van der Waals surface area contributed by atoms with Gasteiger partial charge >= 0.3 is 0 Å². The molecule has 1 aliphatic carbocycles. The van der Waals surface area contributed by atoms with Gasteiger partial charge in [-0.05, 0) is 49.4 Å². The third-order valence-electron chi connectivity index (χ3n) is 4.48. The first-order valence-electron chi connectivity index (χ1n) is 7.08. The van der Waals surface area contributed by atoms with Gasteiger partial charge in [-0.1, -0.05) is 26.0 Å². The van der Waals surface area contributed by atoms with Gasteiger partial charge in [0.15, 0.2) is 0 Å². The van der Waals surface area contributed by atoms with Gasteiger partial charge in [0, 0.05) is 12.0 Å². The summed E-state index contributed by atoms with van der Waals surface area (Å²) < 4.78 is 5.36. The summed E-state index contributed by atoms with van der Waals surface area (Å²) in [7, 11) is 1.74. The predicted molar refractivity (Wildman–Crippen MR) is 76.2 cm³/mol. The first-order chi connectivity index (χ1) is 8.73. The monoisotopic (exact) mass is 247 g/mol. The molecule has 1 aromatic carbocycles. The Balaban J connectivity index is 2.18. The zero-order valence-corrected chi connectivity index (χ0v) is 11.8. The molecule has 1 fully saturated rings. The van der Waals surface area contributed by atoms with Gasteiger partial charge in [0.25, 0.3) is 0 Å². The minimum atomic E-state index is 0.323. The number of methoxy groups -OCH3 is 1. The lowest BCUT2D eigenvalue weighted by atomic mass is 9.57. The first kappa shape index (κ1) is 13.4. The summed E-state index contributed by atoms with van der Waals surface area (Å²) in [5.41, 5.74) is 1.76. The van der Waals surface area contributed by atoms with Crippen molar-refractivity contribution in [3.63, 3.8) is 0 Å². The lowest BCUT2D eigenvalue weighted by Gasteiger charge is -2.49. The highest BCUT2D eigenvalue weighted by atomic mass is 16.5. The molecule has 1 aliphatic rings. The van der Waals surface area contributed by atoms with Crippen LogP contribution in [-0.2, 0) is 5.41 Å². The quantitative estimate of drug-likeness (QED) is 0.778. The van der Waals surface area contributed by atoms with Crippen LogP contribution in [0.3, 0.4) is 0 Å². The molecule has 2 unspecified atom stereocenters. The van der Waals surface area contributed by atoms with Gasteiger partial charge in [0.05, 0.1) is 7.11 Å². The molecule has 0 saturated heterocycles. The summed E-state index contributed by atoms with van der Waals surface area (Å²) >= 11 is 0. The third kappa shape index (κ3) is 2.39. The fourth-order valence-electron chi connectivity index (χ4n) is 3.00. The third-order valence-corrected chi connectivity index (χ3v) is 4.48. The van der Waals surface area contributed by atoms with Crippen LogP contribution in [0, 0.1) is 5.92 Å². The Kier molecular flexibility index (Phi) is 4.28. The molecule has 1 N–H and O–H groups in total. The van der Waals surface area contributed by atoms with E-state index in [0.29, 0.717) is 5.41 Å². The van der Waals surface area contributed by atoms with Crippen LogP contribution in [-0.4, -0.2) is 20.2 Å². The summed E-state index contributed by atoms with van der Waals surface area (Å²) in [6.07, 6.45) is 3.83. The molecule has 1 saturated carbocycles. The molecule has 0 aliphatic heterocycles. The predicted octanol–water partition coefficient (Wildman–Crippen LogP) is 3.36. The lowest BCUT2D eigenvalue weighted by Crippen LogP contribution is -2.50. The number of ether oxygens (including phenoxy) is 1. The van der Waals surface area contributed by atoms with Crippen LogP contribution in [0.2, 0.25) is 0 Å². The van der Waals surface area contributed by atoms with Crippen molar-refractivity contribution in [1.29, 1.82) is 0 Å². The van der Waals surface area contributed by atoms with Crippen LogP contribution in [0.4, 0.5) is 0 Å². The summed E-state index contributed by atoms with van der Waals surface area (Å²) in [6, 6.07) is 8.61. The Morgan fingerprint density at radius 3 is 2.83 bits per heavy atom. The van der Waals surface area contributed by atoms with E-state index in [4.69, 9.17) is 4.74 Å². The molecule has 0 heterocycles. The summed E-state index contributed by atoms with van der Waals surface area (Å²) in [6.45, 7) is 6.79. The molecule has 1 aromatic rings. The zero-order chi connectivity index (χ0) is 13.0. The highest BCUT2D eigenvalue weighted by molar-refractivity contribution is 5.36. The van der Waals surface area contributed by atoms with Gasteiger partial charge in [0.2, 0.25) is 0 Å². The van der Waals surface area contributed by atoms with Crippen LogP contribution < -0.4 is 10.1 Å². The standard InChI is InChI=1S/C16H25NO/c1-4-10-17-12-16(9-8-13(16)2)14-6-5-7-15(11-14)18-3/h5-7,11,13,17H,4,8-10,12H2,1-3H3. The van der Waals surface area contributed by atoms with Crippen molar-refractivity contribution in [1.82, 2.24) is 5.32 Å². The van der Waals surface area contributed by atoms with Gasteiger partial charge < -0.3 is 10.1 Å². The molecule has 0 spiro atoms. The highest BCUT2D eigenvalue weighted by Crippen LogP contribution is 2.48. The number of benzene rings is 1. The maximum absolute atomic E-state index is 5.36. The van der Waals surface area contributed by atoms with Gasteiger partial charge in [-0.2, -0.15) is 0 Å². The Morgan fingerprint density at radius 2 is 2.28 bits per heavy atom. The normalized spacial score (nSPS) is 26.7. The number of nitrogens with one attached hydrogen (secondary N) is 1. The Morgan fingerprint density at radius 1 is 1.44 bits per heavy atom.